The van der Waals surface area contributed by atoms with Crippen LogP contribution in [-0.4, -0.2) is 28.5 Å². The first-order chi connectivity index (χ1) is 9.08. The number of thiocarbonyl (C=S) groups is 1. The molecule has 4 nitrogen and oxygen atoms in total. The van der Waals surface area contributed by atoms with Gasteiger partial charge in [0.2, 0.25) is 0 Å². The van der Waals surface area contributed by atoms with Crippen molar-refractivity contribution in [3.05, 3.63) is 29.3 Å². The molecule has 0 heterocycles. The first-order valence-electron chi connectivity index (χ1n) is 6.18. The zero-order chi connectivity index (χ0) is 13.8. The number of benzene rings is 1. The molecule has 0 saturated heterocycles. The zero-order valence-electron chi connectivity index (χ0n) is 10.4. The van der Waals surface area contributed by atoms with Crippen molar-refractivity contribution in [2.75, 3.05) is 11.9 Å². The Morgan fingerprint density at radius 3 is 2.74 bits per heavy atom. The molecule has 0 aromatic heterocycles. The Balaban J connectivity index is 1.99. The van der Waals surface area contributed by atoms with Crippen LogP contribution in [0, 0.1) is 0 Å². The number of carbonyl (C=O) groups is 1. The summed E-state index contributed by atoms with van der Waals surface area (Å²) in [5.74, 6) is 0. The topological polar surface area (TPSA) is 58.4 Å². The molecule has 6 heteroatoms. The van der Waals surface area contributed by atoms with Crippen LogP contribution in [0.1, 0.15) is 19.3 Å². The van der Waals surface area contributed by atoms with Crippen molar-refractivity contribution < 1.29 is 4.79 Å². The van der Waals surface area contributed by atoms with Crippen LogP contribution in [0.2, 0.25) is 5.02 Å². The van der Waals surface area contributed by atoms with Gasteiger partial charge in [0, 0.05) is 19.0 Å². The van der Waals surface area contributed by atoms with Gasteiger partial charge in [-0.3, -0.25) is 0 Å². The number of nitrogens with one attached hydrogen (secondary N) is 1. The second kappa shape index (κ2) is 6.21. The monoisotopic (exact) mass is 297 g/mol. The minimum Gasteiger partial charge on any atom is -0.393 e. The molecule has 2 rings (SSSR count). The first kappa shape index (κ1) is 14.1. The number of urea groups is 1. The van der Waals surface area contributed by atoms with Crippen LogP contribution in [0.3, 0.4) is 0 Å². The van der Waals surface area contributed by atoms with Gasteiger partial charge in [0.15, 0.2) is 0 Å². The third-order valence-electron chi connectivity index (χ3n) is 2.96. The molecule has 0 atom stereocenters. The van der Waals surface area contributed by atoms with Gasteiger partial charge in [0.25, 0.3) is 0 Å². The zero-order valence-corrected chi connectivity index (χ0v) is 12.0. The lowest BCUT2D eigenvalue weighted by Gasteiger charge is -2.22. The van der Waals surface area contributed by atoms with E-state index in [9.17, 15) is 4.79 Å². The maximum atomic E-state index is 12.2. The van der Waals surface area contributed by atoms with Gasteiger partial charge in [-0.2, -0.15) is 0 Å². The summed E-state index contributed by atoms with van der Waals surface area (Å²) in [6, 6.07) is 7.33. The van der Waals surface area contributed by atoms with Crippen LogP contribution in [0.5, 0.6) is 0 Å². The van der Waals surface area contributed by atoms with Gasteiger partial charge in [-0.15, -0.1) is 0 Å². The van der Waals surface area contributed by atoms with E-state index in [1.807, 2.05) is 12.1 Å². The van der Waals surface area contributed by atoms with Crippen LogP contribution in [-0.2, 0) is 0 Å². The number of amides is 2. The first-order valence-corrected chi connectivity index (χ1v) is 6.97. The minimum atomic E-state index is -0.146. The molecule has 1 aliphatic rings. The molecule has 0 radical (unpaired) electrons. The molecule has 0 bridgehead atoms. The molecule has 0 aliphatic heterocycles. The average molecular weight is 298 g/mol. The lowest BCUT2D eigenvalue weighted by Crippen LogP contribution is -2.38. The van der Waals surface area contributed by atoms with Crippen molar-refractivity contribution in [3.8, 4) is 0 Å². The average Bonchev–Trinajstić information content (AvgIpc) is 3.16. The van der Waals surface area contributed by atoms with Crippen molar-refractivity contribution in [1.29, 1.82) is 0 Å². The summed E-state index contributed by atoms with van der Waals surface area (Å²) in [5.41, 5.74) is 6.11. The smallest absolute Gasteiger partial charge is 0.322 e. The quantitative estimate of drug-likeness (QED) is 0.821. The van der Waals surface area contributed by atoms with E-state index in [0.717, 1.165) is 12.8 Å². The predicted molar refractivity (Wildman–Crippen MR) is 81.6 cm³/mol. The number of hydrogen-bond acceptors (Lipinski definition) is 2. The maximum absolute atomic E-state index is 12.2. The molecule has 1 saturated carbocycles. The van der Waals surface area contributed by atoms with Crippen LogP contribution >= 0.6 is 23.8 Å². The number of carbonyl (C=O) groups excluding carboxylic acids is 1. The second-order valence-corrected chi connectivity index (χ2v) is 5.48. The maximum Gasteiger partial charge on any atom is 0.322 e. The normalized spacial score (nSPS) is 13.9. The van der Waals surface area contributed by atoms with Gasteiger partial charge >= 0.3 is 6.03 Å². The summed E-state index contributed by atoms with van der Waals surface area (Å²) in [6.45, 7) is 0.552. The van der Waals surface area contributed by atoms with Gasteiger partial charge in [-0.1, -0.05) is 36.0 Å². The van der Waals surface area contributed by atoms with Gasteiger partial charge < -0.3 is 16.0 Å². The van der Waals surface area contributed by atoms with E-state index in [1.165, 1.54) is 0 Å². The highest BCUT2D eigenvalue weighted by atomic mass is 35.5. The summed E-state index contributed by atoms with van der Waals surface area (Å²) in [7, 11) is 0. The molecule has 2 amide bonds. The summed E-state index contributed by atoms with van der Waals surface area (Å²) >= 11 is 10.9. The fourth-order valence-corrected chi connectivity index (χ4v) is 2.09. The number of rotatable bonds is 5. The van der Waals surface area contributed by atoms with Crippen molar-refractivity contribution >= 4 is 40.5 Å². The fraction of sp³-hybridized carbons (Fsp3) is 0.385. The van der Waals surface area contributed by atoms with E-state index in [-0.39, 0.29) is 6.03 Å². The fourth-order valence-electron chi connectivity index (χ4n) is 1.82. The van der Waals surface area contributed by atoms with Gasteiger partial charge in [0.05, 0.1) is 15.7 Å². The summed E-state index contributed by atoms with van der Waals surface area (Å²) < 4.78 is 0. The van der Waals surface area contributed by atoms with Crippen LogP contribution in [0.15, 0.2) is 24.3 Å². The number of para-hydroxylation sites is 1. The Hall–Kier alpha value is -1.33. The second-order valence-electron chi connectivity index (χ2n) is 4.55. The SMILES string of the molecule is NC(=S)CCN(C(=O)Nc1ccccc1Cl)C1CC1. The molecule has 1 aromatic carbocycles. The van der Waals surface area contributed by atoms with Crippen LogP contribution in [0.4, 0.5) is 10.5 Å². The number of nitrogens with zero attached hydrogens (tertiary/aromatic N) is 1. The summed E-state index contributed by atoms with van der Waals surface area (Å²) in [6.07, 6.45) is 2.61. The highest BCUT2D eigenvalue weighted by Crippen LogP contribution is 2.28. The van der Waals surface area contributed by atoms with Gasteiger partial charge in [0.1, 0.15) is 0 Å². The molecular formula is C13H16ClN3OS. The largest absolute Gasteiger partial charge is 0.393 e. The van der Waals surface area contributed by atoms with Gasteiger partial charge in [-0.05, 0) is 25.0 Å². The molecular weight excluding hydrogens is 282 g/mol. The third kappa shape index (κ3) is 4.08. The van der Waals surface area contributed by atoms with E-state index in [4.69, 9.17) is 29.6 Å². The molecule has 102 valence electrons. The van der Waals surface area contributed by atoms with E-state index in [0.29, 0.717) is 34.7 Å². The highest BCUT2D eigenvalue weighted by Gasteiger charge is 2.32. The van der Waals surface area contributed by atoms with Crippen LogP contribution < -0.4 is 11.1 Å². The Labute approximate surface area is 122 Å². The van der Waals surface area contributed by atoms with Crippen molar-refractivity contribution in [2.24, 2.45) is 5.73 Å². The Morgan fingerprint density at radius 2 is 2.16 bits per heavy atom. The van der Waals surface area contributed by atoms with Crippen molar-refractivity contribution in [1.82, 2.24) is 4.90 Å². The number of anilines is 1. The molecule has 0 spiro atoms. The van der Waals surface area contributed by atoms with E-state index < -0.39 is 0 Å². The number of hydrogen-bond donors (Lipinski definition) is 2. The lowest BCUT2D eigenvalue weighted by atomic mass is 10.3. The standard InChI is InChI=1S/C13H16ClN3OS/c14-10-3-1-2-4-11(10)16-13(18)17(9-5-6-9)8-7-12(15)19/h1-4,9H,5-8H2,(H2,15,19)(H,16,18). The van der Waals surface area contributed by atoms with Gasteiger partial charge in [-0.25, -0.2) is 4.79 Å². The molecule has 0 unspecified atom stereocenters. The molecule has 1 aromatic rings. The van der Waals surface area contributed by atoms with E-state index in [1.54, 1.807) is 17.0 Å². The Bertz CT molecular complexity index is 491. The number of halogens is 1. The lowest BCUT2D eigenvalue weighted by molar-refractivity contribution is 0.210. The molecule has 19 heavy (non-hydrogen) atoms. The minimum absolute atomic E-state index is 0.146. The van der Waals surface area contributed by atoms with Crippen molar-refractivity contribution in [3.63, 3.8) is 0 Å². The molecule has 1 aliphatic carbocycles. The van der Waals surface area contributed by atoms with E-state index in [2.05, 4.69) is 5.32 Å². The van der Waals surface area contributed by atoms with Crippen LogP contribution in [0.25, 0.3) is 0 Å². The molecule has 3 N–H and O–H groups in total. The van der Waals surface area contributed by atoms with Crippen molar-refractivity contribution in [2.45, 2.75) is 25.3 Å². The Kier molecular flexibility index (Phi) is 4.61. The summed E-state index contributed by atoms with van der Waals surface area (Å²) in [4.78, 5) is 14.4. The third-order valence-corrected chi connectivity index (χ3v) is 3.50. The predicted octanol–water partition coefficient (Wildman–Crippen LogP) is 3.01. The highest BCUT2D eigenvalue weighted by molar-refractivity contribution is 7.80. The molecule has 1 fully saturated rings. The Morgan fingerprint density at radius 1 is 1.47 bits per heavy atom. The number of nitrogens with two attached hydrogens (primary N) is 1. The van der Waals surface area contributed by atoms with E-state index >= 15 is 0 Å². The summed E-state index contributed by atoms with van der Waals surface area (Å²) in [5, 5.41) is 3.35.